The van der Waals surface area contributed by atoms with Crippen LogP contribution in [0.5, 0.6) is 0 Å². The molecule has 10 heteroatoms. The number of carbonyl (C=O) groups excluding carboxylic acids is 1. The number of cyclic esters (lactones) is 1. The smallest absolute Gasteiger partial charge is 0.425 e. The Labute approximate surface area is 195 Å². The molecule has 2 atom stereocenters. The number of pyridine rings is 1. The SMILES string of the molecule is Cc1cc(-n2cc(CN3C[C@@H](c4ccc5c(c4C)COC5=O)N[C@@H](N)C3)oc2=O)ncc1C#N. The van der Waals surface area contributed by atoms with Crippen LogP contribution in [0.25, 0.3) is 5.82 Å². The number of rotatable bonds is 4. The van der Waals surface area contributed by atoms with Gasteiger partial charge in [0.15, 0.2) is 0 Å². The van der Waals surface area contributed by atoms with Crippen molar-refractivity contribution in [2.75, 3.05) is 13.1 Å². The lowest BCUT2D eigenvalue weighted by Gasteiger charge is -2.37. The van der Waals surface area contributed by atoms with Crippen molar-refractivity contribution >= 4 is 5.97 Å². The van der Waals surface area contributed by atoms with E-state index in [0.717, 1.165) is 22.3 Å². The number of esters is 1. The summed E-state index contributed by atoms with van der Waals surface area (Å²) in [6.45, 7) is 5.69. The first kappa shape index (κ1) is 22.0. The summed E-state index contributed by atoms with van der Waals surface area (Å²) in [4.78, 5) is 30.7. The van der Waals surface area contributed by atoms with Crippen LogP contribution >= 0.6 is 0 Å². The van der Waals surface area contributed by atoms with Crippen molar-refractivity contribution in [2.24, 2.45) is 5.73 Å². The quantitative estimate of drug-likeness (QED) is 0.553. The van der Waals surface area contributed by atoms with Gasteiger partial charge in [0.25, 0.3) is 0 Å². The molecule has 34 heavy (non-hydrogen) atoms. The molecule has 2 aromatic heterocycles. The molecule has 174 valence electrons. The molecule has 1 fully saturated rings. The van der Waals surface area contributed by atoms with E-state index in [2.05, 4.69) is 21.3 Å². The van der Waals surface area contributed by atoms with Gasteiger partial charge in [0.1, 0.15) is 24.3 Å². The molecule has 0 bridgehead atoms. The number of hydrogen-bond acceptors (Lipinski definition) is 9. The van der Waals surface area contributed by atoms with E-state index >= 15 is 0 Å². The second-order valence-electron chi connectivity index (χ2n) is 8.70. The van der Waals surface area contributed by atoms with Gasteiger partial charge < -0.3 is 14.9 Å². The number of aryl methyl sites for hydroxylation is 1. The zero-order valence-corrected chi connectivity index (χ0v) is 18.9. The molecule has 3 aromatic rings. The molecule has 2 aliphatic heterocycles. The fourth-order valence-electron chi connectivity index (χ4n) is 4.66. The summed E-state index contributed by atoms with van der Waals surface area (Å²) < 4.78 is 12.0. The Hall–Kier alpha value is -3.78. The average molecular weight is 460 g/mol. The topological polar surface area (TPSA) is 139 Å². The number of ether oxygens (including phenoxy) is 1. The van der Waals surface area contributed by atoms with Gasteiger partial charge >= 0.3 is 11.7 Å². The Kier molecular flexibility index (Phi) is 5.53. The lowest BCUT2D eigenvalue weighted by atomic mass is 9.93. The van der Waals surface area contributed by atoms with Gasteiger partial charge in [0.05, 0.1) is 30.0 Å². The molecule has 0 amide bonds. The third kappa shape index (κ3) is 3.90. The highest BCUT2D eigenvalue weighted by atomic mass is 16.5. The zero-order chi connectivity index (χ0) is 24.0. The maximum Gasteiger partial charge on any atom is 0.425 e. The van der Waals surface area contributed by atoms with E-state index in [0.29, 0.717) is 42.3 Å². The molecule has 2 aliphatic rings. The van der Waals surface area contributed by atoms with E-state index < -0.39 is 5.76 Å². The van der Waals surface area contributed by atoms with Crippen molar-refractivity contribution < 1.29 is 13.9 Å². The highest BCUT2D eigenvalue weighted by Gasteiger charge is 2.30. The van der Waals surface area contributed by atoms with Crippen LogP contribution in [0.15, 0.2) is 39.8 Å². The van der Waals surface area contributed by atoms with Gasteiger partial charge in [-0.05, 0) is 42.7 Å². The van der Waals surface area contributed by atoms with Crippen molar-refractivity contribution in [3.8, 4) is 11.9 Å². The summed E-state index contributed by atoms with van der Waals surface area (Å²) in [5.74, 6) is 0.0658. The molecule has 1 saturated heterocycles. The van der Waals surface area contributed by atoms with Crippen LogP contribution in [0, 0.1) is 25.2 Å². The van der Waals surface area contributed by atoms with Gasteiger partial charge in [0.2, 0.25) is 0 Å². The molecule has 5 rings (SSSR count). The number of carbonyl (C=O) groups is 1. The lowest BCUT2D eigenvalue weighted by Crippen LogP contribution is -2.56. The van der Waals surface area contributed by atoms with E-state index in [1.807, 2.05) is 19.1 Å². The molecular formula is C24H24N6O4. The average Bonchev–Trinajstić information content (AvgIpc) is 3.36. The number of benzene rings is 1. The van der Waals surface area contributed by atoms with Crippen LogP contribution in [0.4, 0.5) is 0 Å². The number of aromatic nitrogens is 2. The number of nitrogens with one attached hydrogen (secondary N) is 1. The van der Waals surface area contributed by atoms with Crippen molar-refractivity contribution in [3.63, 3.8) is 0 Å². The van der Waals surface area contributed by atoms with Crippen molar-refractivity contribution in [2.45, 2.75) is 39.2 Å². The monoisotopic (exact) mass is 460 g/mol. The highest BCUT2D eigenvalue weighted by molar-refractivity contribution is 5.94. The summed E-state index contributed by atoms with van der Waals surface area (Å²) in [6, 6.07) is 7.45. The number of nitrogens with two attached hydrogens (primary N) is 1. The Morgan fingerprint density at radius 2 is 2.12 bits per heavy atom. The van der Waals surface area contributed by atoms with Crippen LogP contribution in [0.3, 0.4) is 0 Å². The van der Waals surface area contributed by atoms with Crippen molar-refractivity contribution in [1.82, 2.24) is 19.8 Å². The third-order valence-electron chi connectivity index (χ3n) is 6.43. The molecular weight excluding hydrogens is 436 g/mol. The predicted octanol–water partition coefficient (Wildman–Crippen LogP) is 1.42. The van der Waals surface area contributed by atoms with Crippen LogP contribution in [-0.2, 0) is 17.9 Å². The molecule has 10 nitrogen and oxygen atoms in total. The van der Waals surface area contributed by atoms with Crippen molar-refractivity contribution in [3.05, 3.63) is 80.3 Å². The third-order valence-corrected chi connectivity index (χ3v) is 6.43. The van der Waals surface area contributed by atoms with E-state index in [1.54, 1.807) is 19.2 Å². The first-order chi connectivity index (χ1) is 16.3. The number of oxazole rings is 1. The molecule has 0 aliphatic carbocycles. The summed E-state index contributed by atoms with van der Waals surface area (Å²) in [5, 5.41) is 12.5. The normalized spacial score (nSPS) is 20.1. The number of nitriles is 1. The molecule has 3 N–H and O–H groups in total. The van der Waals surface area contributed by atoms with Crippen LogP contribution in [-0.4, -0.2) is 39.7 Å². The van der Waals surface area contributed by atoms with E-state index in [-0.39, 0.29) is 24.8 Å². The van der Waals surface area contributed by atoms with Crippen LogP contribution < -0.4 is 16.8 Å². The fraction of sp³-hybridized carbons (Fsp3) is 0.333. The largest absolute Gasteiger partial charge is 0.457 e. The molecule has 0 radical (unpaired) electrons. The van der Waals surface area contributed by atoms with Crippen molar-refractivity contribution in [1.29, 1.82) is 5.26 Å². The lowest BCUT2D eigenvalue weighted by molar-refractivity contribution is 0.0535. The van der Waals surface area contributed by atoms with Gasteiger partial charge in [-0.2, -0.15) is 5.26 Å². The zero-order valence-electron chi connectivity index (χ0n) is 18.9. The Balaban J connectivity index is 1.36. The number of nitrogens with zero attached hydrogens (tertiary/aromatic N) is 4. The van der Waals surface area contributed by atoms with E-state index in [9.17, 15) is 9.59 Å². The molecule has 4 heterocycles. The minimum Gasteiger partial charge on any atom is -0.457 e. The Morgan fingerprint density at radius 1 is 1.29 bits per heavy atom. The fourth-order valence-corrected chi connectivity index (χ4v) is 4.66. The maximum absolute atomic E-state index is 12.5. The van der Waals surface area contributed by atoms with Crippen LogP contribution in [0.2, 0.25) is 0 Å². The Morgan fingerprint density at radius 3 is 2.88 bits per heavy atom. The molecule has 0 unspecified atom stereocenters. The van der Waals surface area contributed by atoms with Crippen LogP contribution in [0.1, 0.15) is 50.0 Å². The van der Waals surface area contributed by atoms with Gasteiger partial charge in [-0.15, -0.1) is 0 Å². The second-order valence-corrected chi connectivity index (χ2v) is 8.70. The predicted molar refractivity (Wildman–Crippen MR) is 121 cm³/mol. The van der Waals surface area contributed by atoms with E-state index in [4.69, 9.17) is 20.1 Å². The number of fused-ring (bicyclic) bond motifs is 1. The van der Waals surface area contributed by atoms with Gasteiger partial charge in [-0.1, -0.05) is 6.07 Å². The summed E-state index contributed by atoms with van der Waals surface area (Å²) in [7, 11) is 0. The summed E-state index contributed by atoms with van der Waals surface area (Å²) >= 11 is 0. The second kappa shape index (κ2) is 8.53. The molecule has 0 spiro atoms. The summed E-state index contributed by atoms with van der Waals surface area (Å²) in [6.07, 6.45) is 2.80. The first-order valence-corrected chi connectivity index (χ1v) is 11.0. The molecule has 1 aromatic carbocycles. The molecule has 0 saturated carbocycles. The number of piperazine rings is 1. The Bertz CT molecular complexity index is 1390. The standard InChI is InChI=1S/C24H24N6O4/c1-13-5-22(27-7-15(13)6-25)30-9-16(34-24(30)32)8-29-10-20(28-21(26)11-29)17-3-4-18-19(14(17)2)12-33-23(18)31/h3-5,7,9,20-21,28H,8,10-12,26H2,1-2H3/t20-,21+/m0/s1. The highest BCUT2D eigenvalue weighted by Crippen LogP contribution is 2.30. The first-order valence-electron chi connectivity index (χ1n) is 11.0. The maximum atomic E-state index is 12.5. The van der Waals surface area contributed by atoms with E-state index in [1.165, 1.54) is 10.8 Å². The minimum absolute atomic E-state index is 0.0543. The van der Waals surface area contributed by atoms with Gasteiger partial charge in [0, 0.05) is 30.9 Å². The number of hydrogen-bond donors (Lipinski definition) is 2. The van der Waals surface area contributed by atoms with Gasteiger partial charge in [-0.25, -0.2) is 19.1 Å². The van der Waals surface area contributed by atoms with Gasteiger partial charge in [-0.3, -0.25) is 10.2 Å². The minimum atomic E-state index is -0.540. The summed E-state index contributed by atoms with van der Waals surface area (Å²) in [5.41, 5.74) is 11.1.